The highest BCUT2D eigenvalue weighted by Crippen LogP contribution is 2.39. The Morgan fingerprint density at radius 1 is 1.44 bits per heavy atom. The molecule has 0 radical (unpaired) electrons. The van der Waals surface area contributed by atoms with Crippen molar-refractivity contribution in [2.24, 2.45) is 5.41 Å². The van der Waals surface area contributed by atoms with E-state index in [0.717, 1.165) is 19.4 Å². The van der Waals surface area contributed by atoms with Gasteiger partial charge in [-0.3, -0.25) is 0 Å². The summed E-state index contributed by atoms with van der Waals surface area (Å²) < 4.78 is 4.99. The Labute approximate surface area is 117 Å². The second-order valence-corrected chi connectivity index (χ2v) is 5.42. The predicted molar refractivity (Wildman–Crippen MR) is 73.7 cm³/mol. The molecule has 0 aliphatic heterocycles. The van der Waals surface area contributed by atoms with Gasteiger partial charge in [-0.05, 0) is 12.8 Å². The molecule has 18 heavy (non-hydrogen) atoms. The average molecular weight is 290 g/mol. The lowest BCUT2D eigenvalue weighted by molar-refractivity contribution is 0.365. The van der Waals surface area contributed by atoms with E-state index in [0.29, 0.717) is 22.7 Å². The van der Waals surface area contributed by atoms with Gasteiger partial charge in [0.15, 0.2) is 5.82 Å². The zero-order valence-electron chi connectivity index (χ0n) is 10.4. The molecule has 0 unspecified atom stereocenters. The van der Waals surface area contributed by atoms with Crippen molar-refractivity contribution in [3.63, 3.8) is 0 Å². The van der Waals surface area contributed by atoms with Gasteiger partial charge in [0.1, 0.15) is 5.02 Å². The third-order valence-electron chi connectivity index (χ3n) is 3.48. The van der Waals surface area contributed by atoms with Crippen molar-refractivity contribution < 1.29 is 4.74 Å². The van der Waals surface area contributed by atoms with Crippen LogP contribution >= 0.6 is 23.2 Å². The van der Waals surface area contributed by atoms with Crippen LogP contribution < -0.4 is 10.1 Å². The maximum Gasteiger partial charge on any atom is 0.318 e. The van der Waals surface area contributed by atoms with Gasteiger partial charge in [-0.25, -0.2) is 4.98 Å². The van der Waals surface area contributed by atoms with Crippen LogP contribution in [0.25, 0.3) is 0 Å². The Morgan fingerprint density at radius 2 is 2.17 bits per heavy atom. The van der Waals surface area contributed by atoms with E-state index in [1.54, 1.807) is 0 Å². The molecule has 1 fully saturated rings. The van der Waals surface area contributed by atoms with Crippen LogP contribution in [0.3, 0.4) is 0 Å². The number of halogens is 2. The van der Waals surface area contributed by atoms with Crippen LogP contribution in [0.5, 0.6) is 6.01 Å². The maximum atomic E-state index is 6.10. The summed E-state index contributed by atoms with van der Waals surface area (Å²) in [4.78, 5) is 8.14. The number of anilines is 1. The Kier molecular flexibility index (Phi) is 4.51. The summed E-state index contributed by atoms with van der Waals surface area (Å²) in [6, 6.07) is 0.313. The largest absolute Gasteiger partial charge is 0.467 e. The van der Waals surface area contributed by atoms with Crippen molar-refractivity contribution in [1.29, 1.82) is 0 Å². The van der Waals surface area contributed by atoms with Crippen LogP contribution in [0.15, 0.2) is 6.20 Å². The molecule has 1 N–H and O–H groups in total. The Balaban J connectivity index is 2.05. The van der Waals surface area contributed by atoms with Crippen LogP contribution in [0, 0.1) is 5.41 Å². The van der Waals surface area contributed by atoms with Crippen molar-refractivity contribution in [1.82, 2.24) is 9.97 Å². The number of ether oxygens (including phenoxy) is 1. The number of hydrogen-bond donors (Lipinski definition) is 1. The van der Waals surface area contributed by atoms with Crippen LogP contribution in [-0.2, 0) is 0 Å². The standard InChI is InChI=1S/C12H17Cl2N3O/c1-18-11-15-6-9(14)10(17-11)16-8-12(7-13)4-2-3-5-12/h6H,2-5,7-8H2,1H3,(H,15,16,17). The van der Waals surface area contributed by atoms with Crippen molar-refractivity contribution in [3.8, 4) is 6.01 Å². The third-order valence-corrected chi connectivity index (χ3v) is 4.33. The number of aromatic nitrogens is 2. The molecule has 1 aromatic heterocycles. The highest BCUT2D eigenvalue weighted by atomic mass is 35.5. The van der Waals surface area contributed by atoms with E-state index in [4.69, 9.17) is 27.9 Å². The van der Waals surface area contributed by atoms with Gasteiger partial charge < -0.3 is 10.1 Å². The Bertz CT molecular complexity index is 408. The van der Waals surface area contributed by atoms with E-state index in [-0.39, 0.29) is 5.41 Å². The van der Waals surface area contributed by atoms with Gasteiger partial charge in [-0.2, -0.15) is 4.98 Å². The molecule has 6 heteroatoms. The summed E-state index contributed by atoms with van der Waals surface area (Å²) >= 11 is 12.1. The molecule has 2 rings (SSSR count). The van der Waals surface area contributed by atoms with E-state index in [2.05, 4.69) is 15.3 Å². The molecular weight excluding hydrogens is 273 g/mol. The number of nitrogens with zero attached hydrogens (tertiary/aromatic N) is 2. The molecule has 100 valence electrons. The minimum atomic E-state index is 0.170. The molecule has 0 amide bonds. The van der Waals surface area contributed by atoms with Crippen molar-refractivity contribution in [2.45, 2.75) is 25.7 Å². The van der Waals surface area contributed by atoms with Crippen molar-refractivity contribution in [3.05, 3.63) is 11.2 Å². The number of nitrogens with one attached hydrogen (secondary N) is 1. The number of rotatable bonds is 5. The van der Waals surface area contributed by atoms with Gasteiger partial charge in [-0.15, -0.1) is 11.6 Å². The van der Waals surface area contributed by atoms with Crippen LogP contribution in [-0.4, -0.2) is 29.5 Å². The smallest absolute Gasteiger partial charge is 0.318 e. The topological polar surface area (TPSA) is 47.0 Å². The van der Waals surface area contributed by atoms with Crippen molar-refractivity contribution >= 4 is 29.0 Å². The van der Waals surface area contributed by atoms with Gasteiger partial charge in [-0.1, -0.05) is 24.4 Å². The molecular formula is C12H17Cl2N3O. The minimum absolute atomic E-state index is 0.170. The fourth-order valence-electron chi connectivity index (χ4n) is 2.33. The second-order valence-electron chi connectivity index (χ2n) is 4.75. The quantitative estimate of drug-likeness (QED) is 0.845. The second kappa shape index (κ2) is 5.93. The average Bonchev–Trinajstić information content (AvgIpc) is 2.87. The van der Waals surface area contributed by atoms with Gasteiger partial charge in [0.25, 0.3) is 0 Å². The van der Waals surface area contributed by atoms with Crippen LogP contribution in [0.2, 0.25) is 5.02 Å². The molecule has 1 aromatic rings. The molecule has 0 bridgehead atoms. The molecule has 0 atom stereocenters. The molecule has 1 heterocycles. The maximum absolute atomic E-state index is 6.10. The Morgan fingerprint density at radius 3 is 2.78 bits per heavy atom. The molecule has 1 saturated carbocycles. The Hall–Kier alpha value is -0.740. The molecule has 0 saturated heterocycles. The molecule has 0 spiro atoms. The minimum Gasteiger partial charge on any atom is -0.467 e. The first kappa shape index (κ1) is 13.7. The van der Waals surface area contributed by atoms with Gasteiger partial charge in [0.05, 0.1) is 13.3 Å². The summed E-state index contributed by atoms with van der Waals surface area (Å²) in [5.41, 5.74) is 0.170. The number of methoxy groups -OCH3 is 1. The molecule has 4 nitrogen and oxygen atoms in total. The zero-order valence-corrected chi connectivity index (χ0v) is 11.9. The summed E-state index contributed by atoms with van der Waals surface area (Å²) in [6.07, 6.45) is 6.34. The van der Waals surface area contributed by atoms with Gasteiger partial charge in [0.2, 0.25) is 0 Å². The molecule has 0 aromatic carbocycles. The van der Waals surface area contributed by atoms with Crippen LogP contribution in [0.4, 0.5) is 5.82 Å². The third kappa shape index (κ3) is 2.98. The van der Waals surface area contributed by atoms with E-state index in [1.165, 1.54) is 26.1 Å². The van der Waals surface area contributed by atoms with E-state index in [9.17, 15) is 0 Å². The first-order valence-corrected chi connectivity index (χ1v) is 6.97. The number of hydrogen-bond acceptors (Lipinski definition) is 4. The predicted octanol–water partition coefficient (Wildman–Crippen LogP) is 3.35. The molecule has 1 aliphatic carbocycles. The lowest BCUT2D eigenvalue weighted by Crippen LogP contribution is -2.29. The van der Waals surface area contributed by atoms with Crippen LogP contribution in [0.1, 0.15) is 25.7 Å². The summed E-state index contributed by atoms with van der Waals surface area (Å²) in [5, 5.41) is 3.77. The number of alkyl halides is 1. The zero-order chi connectivity index (χ0) is 13.0. The van der Waals surface area contributed by atoms with Gasteiger partial charge in [0, 0.05) is 17.8 Å². The monoisotopic (exact) mass is 289 g/mol. The fraction of sp³-hybridized carbons (Fsp3) is 0.667. The van der Waals surface area contributed by atoms with E-state index >= 15 is 0 Å². The normalized spacial score (nSPS) is 17.7. The summed E-state index contributed by atoms with van der Waals surface area (Å²) in [7, 11) is 1.53. The van der Waals surface area contributed by atoms with Crippen molar-refractivity contribution in [2.75, 3.05) is 24.9 Å². The first-order chi connectivity index (χ1) is 8.69. The van der Waals surface area contributed by atoms with E-state index < -0.39 is 0 Å². The highest BCUT2D eigenvalue weighted by molar-refractivity contribution is 6.32. The summed E-state index contributed by atoms with van der Waals surface area (Å²) in [6.45, 7) is 0.788. The van der Waals surface area contributed by atoms with Gasteiger partial charge >= 0.3 is 6.01 Å². The SMILES string of the molecule is COc1ncc(Cl)c(NCC2(CCl)CCCC2)n1. The van der Waals surface area contributed by atoms with E-state index in [1.807, 2.05) is 0 Å². The molecule has 1 aliphatic rings. The fourth-order valence-corrected chi connectivity index (χ4v) is 2.85. The first-order valence-electron chi connectivity index (χ1n) is 6.05. The summed E-state index contributed by atoms with van der Waals surface area (Å²) in [5.74, 6) is 1.28. The lowest BCUT2D eigenvalue weighted by atomic mass is 9.88. The highest BCUT2D eigenvalue weighted by Gasteiger charge is 2.33. The lowest BCUT2D eigenvalue weighted by Gasteiger charge is -2.26.